The Labute approximate surface area is 95.3 Å². The van der Waals surface area contributed by atoms with E-state index in [2.05, 4.69) is 15.9 Å². The van der Waals surface area contributed by atoms with Gasteiger partial charge in [0, 0.05) is 0 Å². The summed E-state index contributed by atoms with van der Waals surface area (Å²) in [7, 11) is 1.42. The van der Waals surface area contributed by atoms with Crippen molar-refractivity contribution in [2.75, 3.05) is 13.7 Å². The van der Waals surface area contributed by atoms with Crippen LogP contribution >= 0.6 is 15.9 Å². The molecule has 0 unspecified atom stereocenters. The van der Waals surface area contributed by atoms with Crippen LogP contribution in [0.25, 0.3) is 0 Å². The number of esters is 1. The molecule has 0 aliphatic rings. The monoisotopic (exact) mass is 276 g/mol. The Morgan fingerprint density at radius 2 is 2.20 bits per heavy atom. The van der Waals surface area contributed by atoms with Crippen LogP contribution in [0.15, 0.2) is 16.6 Å². The number of carbonyl (C=O) groups is 1. The van der Waals surface area contributed by atoms with E-state index in [0.717, 1.165) is 0 Å². The molecule has 1 aromatic carbocycles. The SMILES string of the molecule is CCOC(=O)c1ccc(OC)c(Br)c1F. The van der Waals surface area contributed by atoms with Crippen molar-refractivity contribution in [3.63, 3.8) is 0 Å². The molecular weight excluding hydrogens is 267 g/mol. The normalized spacial score (nSPS) is 9.87. The van der Waals surface area contributed by atoms with E-state index in [1.54, 1.807) is 6.92 Å². The topological polar surface area (TPSA) is 35.5 Å². The van der Waals surface area contributed by atoms with Crippen molar-refractivity contribution in [2.24, 2.45) is 0 Å². The van der Waals surface area contributed by atoms with E-state index in [9.17, 15) is 9.18 Å². The summed E-state index contributed by atoms with van der Waals surface area (Å²) in [5.41, 5.74) is -0.107. The zero-order chi connectivity index (χ0) is 11.4. The van der Waals surface area contributed by atoms with Gasteiger partial charge in [-0.25, -0.2) is 9.18 Å². The summed E-state index contributed by atoms with van der Waals surface area (Å²) in [5, 5.41) is 0. The molecular formula is C10H10BrFO3. The summed E-state index contributed by atoms with van der Waals surface area (Å²) in [6, 6.07) is 2.83. The van der Waals surface area contributed by atoms with Crippen LogP contribution in [-0.4, -0.2) is 19.7 Å². The minimum atomic E-state index is -0.682. The van der Waals surface area contributed by atoms with Gasteiger partial charge in [0.15, 0.2) is 5.82 Å². The Hall–Kier alpha value is -1.10. The lowest BCUT2D eigenvalue weighted by Crippen LogP contribution is -2.07. The molecule has 82 valence electrons. The summed E-state index contributed by atoms with van der Waals surface area (Å²) in [4.78, 5) is 11.3. The number of methoxy groups -OCH3 is 1. The fourth-order valence-corrected chi connectivity index (χ4v) is 1.56. The molecule has 1 aromatic rings. The van der Waals surface area contributed by atoms with E-state index in [1.165, 1.54) is 19.2 Å². The van der Waals surface area contributed by atoms with E-state index in [-0.39, 0.29) is 16.6 Å². The maximum Gasteiger partial charge on any atom is 0.341 e. The average molecular weight is 277 g/mol. The highest BCUT2D eigenvalue weighted by Crippen LogP contribution is 2.29. The lowest BCUT2D eigenvalue weighted by molar-refractivity contribution is 0.0521. The van der Waals surface area contributed by atoms with Gasteiger partial charge in [-0.3, -0.25) is 0 Å². The summed E-state index contributed by atoms with van der Waals surface area (Å²) >= 11 is 3.00. The lowest BCUT2D eigenvalue weighted by Gasteiger charge is -2.07. The second-order valence-electron chi connectivity index (χ2n) is 2.66. The number of ether oxygens (including phenoxy) is 2. The van der Waals surface area contributed by atoms with Crippen LogP contribution in [0.2, 0.25) is 0 Å². The van der Waals surface area contributed by atoms with Crippen molar-refractivity contribution in [1.29, 1.82) is 0 Å². The predicted molar refractivity (Wildman–Crippen MR) is 56.6 cm³/mol. The van der Waals surface area contributed by atoms with Crippen LogP contribution in [0, 0.1) is 5.82 Å². The zero-order valence-corrected chi connectivity index (χ0v) is 9.93. The van der Waals surface area contributed by atoms with Crippen molar-refractivity contribution in [2.45, 2.75) is 6.92 Å². The molecule has 0 spiro atoms. The van der Waals surface area contributed by atoms with Crippen molar-refractivity contribution in [1.82, 2.24) is 0 Å². The minimum Gasteiger partial charge on any atom is -0.495 e. The number of rotatable bonds is 3. The summed E-state index contributed by atoms with van der Waals surface area (Å²) in [6.45, 7) is 1.87. The van der Waals surface area contributed by atoms with Gasteiger partial charge in [-0.2, -0.15) is 0 Å². The largest absolute Gasteiger partial charge is 0.495 e. The Morgan fingerprint density at radius 3 is 2.73 bits per heavy atom. The first kappa shape index (κ1) is 12.0. The van der Waals surface area contributed by atoms with Gasteiger partial charge in [0.1, 0.15) is 5.75 Å². The molecule has 0 heterocycles. The van der Waals surface area contributed by atoms with Crippen molar-refractivity contribution in [3.8, 4) is 5.75 Å². The molecule has 0 N–H and O–H groups in total. The van der Waals surface area contributed by atoms with E-state index in [1.807, 2.05) is 0 Å². The van der Waals surface area contributed by atoms with Crippen molar-refractivity contribution < 1.29 is 18.7 Å². The molecule has 1 rings (SSSR count). The second-order valence-corrected chi connectivity index (χ2v) is 3.46. The Morgan fingerprint density at radius 1 is 1.53 bits per heavy atom. The predicted octanol–water partition coefficient (Wildman–Crippen LogP) is 2.77. The van der Waals surface area contributed by atoms with Gasteiger partial charge in [-0.15, -0.1) is 0 Å². The molecule has 0 fully saturated rings. The third-order valence-electron chi connectivity index (χ3n) is 1.76. The molecule has 0 atom stereocenters. The van der Waals surface area contributed by atoms with Crippen LogP contribution in [0.5, 0.6) is 5.75 Å². The number of hydrogen-bond donors (Lipinski definition) is 0. The van der Waals surface area contributed by atoms with Crippen LogP contribution < -0.4 is 4.74 Å². The highest BCUT2D eigenvalue weighted by Gasteiger charge is 2.17. The van der Waals surface area contributed by atoms with E-state index < -0.39 is 11.8 Å². The molecule has 0 aromatic heterocycles. The van der Waals surface area contributed by atoms with Crippen LogP contribution in [-0.2, 0) is 4.74 Å². The van der Waals surface area contributed by atoms with Gasteiger partial charge in [-0.05, 0) is 35.0 Å². The molecule has 0 saturated carbocycles. The third-order valence-corrected chi connectivity index (χ3v) is 2.50. The lowest BCUT2D eigenvalue weighted by atomic mass is 10.2. The highest BCUT2D eigenvalue weighted by molar-refractivity contribution is 9.10. The van der Waals surface area contributed by atoms with Crippen LogP contribution in [0.1, 0.15) is 17.3 Å². The van der Waals surface area contributed by atoms with Crippen molar-refractivity contribution >= 4 is 21.9 Å². The molecule has 0 aliphatic heterocycles. The first-order valence-electron chi connectivity index (χ1n) is 4.31. The first-order valence-corrected chi connectivity index (χ1v) is 5.10. The molecule has 0 amide bonds. The van der Waals surface area contributed by atoms with Gasteiger partial charge in [0.05, 0.1) is 23.8 Å². The minimum absolute atomic E-state index is 0.107. The summed E-state index contributed by atoms with van der Waals surface area (Å²) in [5.74, 6) is -1.02. The Kier molecular flexibility index (Phi) is 4.08. The maximum atomic E-state index is 13.6. The quantitative estimate of drug-likeness (QED) is 0.797. The maximum absolute atomic E-state index is 13.6. The highest BCUT2D eigenvalue weighted by atomic mass is 79.9. The molecule has 15 heavy (non-hydrogen) atoms. The average Bonchev–Trinajstić information content (AvgIpc) is 2.22. The number of hydrogen-bond acceptors (Lipinski definition) is 3. The van der Waals surface area contributed by atoms with Gasteiger partial charge in [0.25, 0.3) is 0 Å². The van der Waals surface area contributed by atoms with E-state index in [4.69, 9.17) is 9.47 Å². The molecule has 0 bridgehead atoms. The van der Waals surface area contributed by atoms with Gasteiger partial charge >= 0.3 is 5.97 Å². The molecule has 0 saturated heterocycles. The van der Waals surface area contributed by atoms with Gasteiger partial charge in [-0.1, -0.05) is 0 Å². The standard InChI is InChI=1S/C10H10BrFO3/c1-3-15-10(13)6-4-5-7(14-2)8(11)9(6)12/h4-5H,3H2,1-2H3. The third kappa shape index (κ3) is 2.47. The Bertz CT molecular complexity index is 379. The Balaban J connectivity index is 3.11. The first-order chi connectivity index (χ1) is 7.11. The van der Waals surface area contributed by atoms with Gasteiger partial charge < -0.3 is 9.47 Å². The zero-order valence-electron chi connectivity index (χ0n) is 8.34. The second kappa shape index (κ2) is 5.11. The number of benzene rings is 1. The van der Waals surface area contributed by atoms with E-state index >= 15 is 0 Å². The molecule has 0 radical (unpaired) electrons. The fourth-order valence-electron chi connectivity index (χ4n) is 1.06. The summed E-state index contributed by atoms with van der Waals surface area (Å²) < 4.78 is 23.3. The number of halogens is 2. The molecule has 3 nitrogen and oxygen atoms in total. The van der Waals surface area contributed by atoms with Crippen LogP contribution in [0.4, 0.5) is 4.39 Å². The molecule has 0 aliphatic carbocycles. The smallest absolute Gasteiger partial charge is 0.341 e. The fraction of sp³-hybridized carbons (Fsp3) is 0.300. The molecule has 5 heteroatoms. The van der Waals surface area contributed by atoms with Crippen LogP contribution in [0.3, 0.4) is 0 Å². The number of carbonyl (C=O) groups excluding carboxylic acids is 1. The summed E-state index contributed by atoms with van der Waals surface area (Å²) in [6.07, 6.45) is 0. The van der Waals surface area contributed by atoms with E-state index in [0.29, 0.717) is 5.75 Å². The van der Waals surface area contributed by atoms with Gasteiger partial charge in [0.2, 0.25) is 0 Å². The van der Waals surface area contributed by atoms with Crippen molar-refractivity contribution in [3.05, 3.63) is 28.0 Å².